The first kappa shape index (κ1) is 12.3. The smallest absolute Gasteiger partial charge is 0.148 e. The van der Waals surface area contributed by atoms with Gasteiger partial charge in [0, 0.05) is 38.5 Å². The molecule has 0 aromatic carbocycles. The van der Waals surface area contributed by atoms with E-state index in [0.29, 0.717) is 6.54 Å². The summed E-state index contributed by atoms with van der Waals surface area (Å²) >= 11 is 0. The van der Waals surface area contributed by atoms with Gasteiger partial charge in [0.2, 0.25) is 0 Å². The van der Waals surface area contributed by atoms with Gasteiger partial charge in [0.1, 0.15) is 9.84 Å². The summed E-state index contributed by atoms with van der Waals surface area (Å²) in [5.74, 6) is 1.19. The Kier molecular flexibility index (Phi) is 3.87. The van der Waals surface area contributed by atoms with Gasteiger partial charge in [-0.25, -0.2) is 8.42 Å². The molecule has 2 atom stereocenters. The van der Waals surface area contributed by atoms with Crippen LogP contribution >= 0.6 is 0 Å². The van der Waals surface area contributed by atoms with Crippen LogP contribution in [0.5, 0.6) is 0 Å². The first-order valence-electron chi connectivity index (χ1n) is 6.17. The third kappa shape index (κ3) is 3.43. The summed E-state index contributed by atoms with van der Waals surface area (Å²) in [7, 11) is -2.81. The molecule has 0 aromatic heterocycles. The van der Waals surface area contributed by atoms with Crippen LogP contribution in [0.1, 0.15) is 19.3 Å². The Morgan fingerprint density at radius 3 is 2.69 bits per heavy atom. The van der Waals surface area contributed by atoms with Gasteiger partial charge in [-0.15, -0.1) is 0 Å². The Labute approximate surface area is 98.3 Å². The zero-order valence-corrected chi connectivity index (χ0v) is 10.8. The van der Waals surface area contributed by atoms with Crippen LogP contribution in [0.3, 0.4) is 0 Å². The highest BCUT2D eigenvalue weighted by Gasteiger charge is 2.36. The molecule has 2 fully saturated rings. The maximum absolute atomic E-state index is 10.9. The SMILES string of the molecule is CS(=O)(=O)CCNCCN1CC2CCC1C2. The van der Waals surface area contributed by atoms with Crippen molar-refractivity contribution in [2.75, 3.05) is 38.2 Å². The number of fused-ring (bicyclic) bond motifs is 2. The Morgan fingerprint density at radius 1 is 1.31 bits per heavy atom. The van der Waals surface area contributed by atoms with Crippen LogP contribution in [0.4, 0.5) is 0 Å². The van der Waals surface area contributed by atoms with Crippen molar-refractivity contribution in [1.29, 1.82) is 0 Å². The molecule has 1 heterocycles. The van der Waals surface area contributed by atoms with Gasteiger partial charge in [-0.3, -0.25) is 4.90 Å². The average molecular weight is 246 g/mol. The van der Waals surface area contributed by atoms with E-state index in [1.165, 1.54) is 32.1 Å². The standard InChI is InChI=1S/C11H22N2O2S/c1-16(14,15)7-5-12-4-6-13-9-10-2-3-11(13)8-10/h10-12H,2-9H2,1H3. The molecule has 16 heavy (non-hydrogen) atoms. The lowest BCUT2D eigenvalue weighted by atomic mass is 10.1. The molecule has 0 radical (unpaired) electrons. The molecule has 0 spiro atoms. The third-order valence-electron chi connectivity index (χ3n) is 3.75. The number of hydrogen-bond acceptors (Lipinski definition) is 4. The summed E-state index contributed by atoms with van der Waals surface area (Å²) in [6.45, 7) is 3.84. The van der Waals surface area contributed by atoms with E-state index in [2.05, 4.69) is 10.2 Å². The predicted molar refractivity (Wildman–Crippen MR) is 65.3 cm³/mol. The molecule has 1 aliphatic carbocycles. The summed E-state index contributed by atoms with van der Waals surface area (Å²) < 4.78 is 21.8. The minimum atomic E-state index is -2.81. The van der Waals surface area contributed by atoms with Gasteiger partial charge < -0.3 is 5.32 Å². The van der Waals surface area contributed by atoms with Crippen molar-refractivity contribution in [3.8, 4) is 0 Å². The highest BCUT2D eigenvalue weighted by atomic mass is 32.2. The highest BCUT2D eigenvalue weighted by molar-refractivity contribution is 7.90. The molecular weight excluding hydrogens is 224 g/mol. The van der Waals surface area contributed by atoms with E-state index in [9.17, 15) is 8.42 Å². The number of nitrogens with one attached hydrogen (secondary N) is 1. The minimum absolute atomic E-state index is 0.249. The maximum Gasteiger partial charge on any atom is 0.148 e. The average Bonchev–Trinajstić information content (AvgIpc) is 2.76. The molecule has 1 N–H and O–H groups in total. The Bertz CT molecular complexity index is 329. The largest absolute Gasteiger partial charge is 0.314 e. The van der Waals surface area contributed by atoms with Crippen LogP contribution in [0.2, 0.25) is 0 Å². The predicted octanol–water partition coefficient (Wildman–Crippen LogP) is 0.105. The fourth-order valence-electron chi connectivity index (χ4n) is 2.91. The minimum Gasteiger partial charge on any atom is -0.314 e. The molecular formula is C11H22N2O2S. The van der Waals surface area contributed by atoms with Crippen molar-refractivity contribution < 1.29 is 8.42 Å². The molecule has 1 saturated carbocycles. The molecule has 2 aliphatic rings. The maximum atomic E-state index is 10.9. The molecule has 94 valence electrons. The lowest BCUT2D eigenvalue weighted by molar-refractivity contribution is 0.214. The van der Waals surface area contributed by atoms with Crippen LogP contribution in [0.15, 0.2) is 0 Å². The Hall–Kier alpha value is -0.130. The van der Waals surface area contributed by atoms with Gasteiger partial charge in [-0.05, 0) is 25.2 Å². The van der Waals surface area contributed by atoms with Crippen molar-refractivity contribution in [2.24, 2.45) is 5.92 Å². The van der Waals surface area contributed by atoms with E-state index in [1.54, 1.807) is 0 Å². The first-order chi connectivity index (χ1) is 7.54. The second-order valence-electron chi connectivity index (χ2n) is 5.21. The van der Waals surface area contributed by atoms with Crippen LogP contribution in [-0.4, -0.2) is 57.5 Å². The molecule has 2 rings (SSSR count). The van der Waals surface area contributed by atoms with E-state index in [0.717, 1.165) is 25.0 Å². The normalized spacial score (nSPS) is 30.1. The second kappa shape index (κ2) is 5.02. The fraction of sp³-hybridized carbons (Fsp3) is 1.00. The van der Waals surface area contributed by atoms with Gasteiger partial charge in [0.05, 0.1) is 5.75 Å². The highest BCUT2D eigenvalue weighted by Crippen LogP contribution is 2.36. The van der Waals surface area contributed by atoms with E-state index in [1.807, 2.05) is 0 Å². The van der Waals surface area contributed by atoms with Crippen molar-refractivity contribution in [1.82, 2.24) is 10.2 Å². The molecule has 5 heteroatoms. The molecule has 2 unspecified atom stereocenters. The Morgan fingerprint density at radius 2 is 2.12 bits per heavy atom. The number of likely N-dealkylation sites (tertiary alicyclic amines) is 1. The van der Waals surface area contributed by atoms with Crippen LogP contribution < -0.4 is 5.32 Å². The summed E-state index contributed by atoms with van der Waals surface area (Å²) in [6.07, 6.45) is 5.47. The van der Waals surface area contributed by atoms with E-state index < -0.39 is 9.84 Å². The topological polar surface area (TPSA) is 49.4 Å². The lowest BCUT2D eigenvalue weighted by Gasteiger charge is -2.26. The number of hydrogen-bond donors (Lipinski definition) is 1. The van der Waals surface area contributed by atoms with Crippen LogP contribution in [0.25, 0.3) is 0 Å². The van der Waals surface area contributed by atoms with Gasteiger partial charge in [-0.1, -0.05) is 0 Å². The Balaban J connectivity index is 1.56. The molecule has 4 nitrogen and oxygen atoms in total. The van der Waals surface area contributed by atoms with Crippen molar-refractivity contribution in [2.45, 2.75) is 25.3 Å². The number of sulfone groups is 1. The zero-order chi connectivity index (χ0) is 11.6. The monoisotopic (exact) mass is 246 g/mol. The fourth-order valence-corrected chi connectivity index (χ4v) is 3.42. The van der Waals surface area contributed by atoms with Crippen molar-refractivity contribution in [3.05, 3.63) is 0 Å². The summed E-state index contributed by atoms with van der Waals surface area (Å²) in [5, 5.41) is 3.21. The van der Waals surface area contributed by atoms with E-state index >= 15 is 0 Å². The zero-order valence-electron chi connectivity index (χ0n) is 9.98. The first-order valence-corrected chi connectivity index (χ1v) is 8.23. The van der Waals surface area contributed by atoms with Crippen molar-refractivity contribution >= 4 is 9.84 Å². The van der Waals surface area contributed by atoms with Crippen molar-refractivity contribution in [3.63, 3.8) is 0 Å². The van der Waals surface area contributed by atoms with Gasteiger partial charge >= 0.3 is 0 Å². The summed E-state index contributed by atoms with van der Waals surface area (Å²) in [4.78, 5) is 2.56. The molecule has 0 aromatic rings. The summed E-state index contributed by atoms with van der Waals surface area (Å²) in [5.41, 5.74) is 0. The van der Waals surface area contributed by atoms with E-state index in [-0.39, 0.29) is 5.75 Å². The van der Waals surface area contributed by atoms with Gasteiger partial charge in [0.15, 0.2) is 0 Å². The molecule has 0 amide bonds. The molecule has 1 saturated heterocycles. The van der Waals surface area contributed by atoms with Crippen LogP contribution in [-0.2, 0) is 9.84 Å². The van der Waals surface area contributed by atoms with Gasteiger partial charge in [0.25, 0.3) is 0 Å². The third-order valence-corrected chi connectivity index (χ3v) is 4.69. The quantitative estimate of drug-likeness (QED) is 0.676. The summed E-state index contributed by atoms with van der Waals surface area (Å²) in [6, 6.07) is 0.821. The van der Waals surface area contributed by atoms with E-state index in [4.69, 9.17) is 0 Å². The number of nitrogens with zero attached hydrogens (tertiary/aromatic N) is 1. The second-order valence-corrected chi connectivity index (χ2v) is 7.47. The van der Waals surface area contributed by atoms with Crippen LogP contribution in [0, 0.1) is 5.92 Å². The number of rotatable bonds is 6. The number of piperidine rings is 1. The molecule has 1 aliphatic heterocycles. The molecule has 2 bridgehead atoms. The van der Waals surface area contributed by atoms with Gasteiger partial charge in [-0.2, -0.15) is 0 Å². The lowest BCUT2D eigenvalue weighted by Crippen LogP contribution is -2.38.